The molecule has 4 heteroatoms. The zero-order valence-electron chi connectivity index (χ0n) is 11.7. The van der Waals surface area contributed by atoms with Crippen molar-refractivity contribution >= 4 is 17.2 Å². The highest BCUT2D eigenvalue weighted by Gasteiger charge is 2.23. The molecule has 1 saturated heterocycles. The summed E-state index contributed by atoms with van der Waals surface area (Å²) in [6.45, 7) is 5.11. The van der Waals surface area contributed by atoms with Crippen LogP contribution in [0.3, 0.4) is 0 Å². The third-order valence-electron chi connectivity index (χ3n) is 3.67. The maximum atomic E-state index is 11.7. The predicted molar refractivity (Wildman–Crippen MR) is 80.4 cm³/mol. The molecule has 1 aliphatic heterocycles. The molecule has 0 aliphatic carbocycles. The minimum absolute atomic E-state index is 0.182. The Morgan fingerprint density at radius 3 is 2.84 bits per heavy atom. The van der Waals surface area contributed by atoms with Crippen molar-refractivity contribution in [2.24, 2.45) is 0 Å². The van der Waals surface area contributed by atoms with Crippen LogP contribution in [0.15, 0.2) is 17.5 Å². The third-order valence-corrected chi connectivity index (χ3v) is 4.65. The molecule has 1 fully saturated rings. The van der Waals surface area contributed by atoms with Crippen LogP contribution in [0.4, 0.5) is 0 Å². The molecule has 19 heavy (non-hydrogen) atoms. The average molecular weight is 280 g/mol. The van der Waals surface area contributed by atoms with Crippen LogP contribution < -0.4 is 5.32 Å². The molecule has 3 nitrogen and oxygen atoms in total. The van der Waals surface area contributed by atoms with Crippen LogP contribution in [0.5, 0.6) is 0 Å². The molecule has 0 saturated carbocycles. The number of thiophene rings is 1. The second-order valence-corrected chi connectivity index (χ2v) is 6.16. The Morgan fingerprint density at radius 2 is 2.21 bits per heavy atom. The fraction of sp³-hybridized carbons (Fsp3) is 0.667. The highest BCUT2D eigenvalue weighted by molar-refractivity contribution is 7.10. The maximum Gasteiger partial charge on any atom is 0.220 e. The molecule has 0 bridgehead atoms. The van der Waals surface area contributed by atoms with E-state index in [-0.39, 0.29) is 5.91 Å². The van der Waals surface area contributed by atoms with Gasteiger partial charge in [0.15, 0.2) is 0 Å². The van der Waals surface area contributed by atoms with Gasteiger partial charge in [0.2, 0.25) is 5.91 Å². The SMILES string of the molecule is CCCC(=O)NC[C@@H](c1cccs1)N1CCCCC1. The summed E-state index contributed by atoms with van der Waals surface area (Å²) in [6, 6.07) is 4.65. The van der Waals surface area contributed by atoms with Gasteiger partial charge in [0.1, 0.15) is 0 Å². The number of rotatable bonds is 6. The molecule has 1 aliphatic rings. The Bertz CT molecular complexity index is 372. The van der Waals surface area contributed by atoms with Crippen molar-refractivity contribution < 1.29 is 4.79 Å². The number of nitrogens with zero attached hydrogens (tertiary/aromatic N) is 1. The third kappa shape index (κ3) is 4.32. The topological polar surface area (TPSA) is 32.3 Å². The van der Waals surface area contributed by atoms with E-state index in [0.29, 0.717) is 12.5 Å². The Labute approximate surface area is 120 Å². The van der Waals surface area contributed by atoms with Gasteiger partial charge >= 0.3 is 0 Å². The predicted octanol–water partition coefficient (Wildman–Crippen LogP) is 3.19. The molecule has 2 rings (SSSR count). The molecule has 106 valence electrons. The molecule has 1 N–H and O–H groups in total. The number of hydrogen-bond acceptors (Lipinski definition) is 3. The number of likely N-dealkylation sites (tertiary alicyclic amines) is 1. The standard InChI is InChI=1S/C15H24N2OS/c1-2-7-15(18)16-12-13(14-8-6-11-19-14)17-9-4-3-5-10-17/h6,8,11,13H,2-5,7,9-10,12H2,1H3,(H,16,18)/t13-/m0/s1. The molecular weight excluding hydrogens is 256 g/mol. The number of amides is 1. The Balaban J connectivity index is 1.96. The van der Waals surface area contributed by atoms with Crippen molar-refractivity contribution in [2.45, 2.75) is 45.1 Å². The van der Waals surface area contributed by atoms with E-state index in [1.165, 1.54) is 24.1 Å². The molecule has 0 spiro atoms. The lowest BCUT2D eigenvalue weighted by molar-refractivity contribution is -0.121. The number of nitrogens with one attached hydrogen (secondary N) is 1. The second kappa shape index (κ2) is 7.65. The van der Waals surface area contributed by atoms with Crippen molar-refractivity contribution in [3.05, 3.63) is 22.4 Å². The van der Waals surface area contributed by atoms with Crippen molar-refractivity contribution in [3.63, 3.8) is 0 Å². The number of carbonyl (C=O) groups is 1. The average Bonchev–Trinajstić information content (AvgIpc) is 2.94. The van der Waals surface area contributed by atoms with E-state index < -0.39 is 0 Å². The first-order chi connectivity index (χ1) is 9.31. The van der Waals surface area contributed by atoms with E-state index in [1.54, 1.807) is 11.3 Å². The van der Waals surface area contributed by atoms with E-state index in [0.717, 1.165) is 26.1 Å². The summed E-state index contributed by atoms with van der Waals surface area (Å²) in [4.78, 5) is 15.6. The quantitative estimate of drug-likeness (QED) is 0.868. The zero-order valence-corrected chi connectivity index (χ0v) is 12.5. The van der Waals surface area contributed by atoms with Crippen LogP contribution in [0.1, 0.15) is 49.9 Å². The highest BCUT2D eigenvalue weighted by Crippen LogP contribution is 2.27. The van der Waals surface area contributed by atoms with Gasteiger partial charge in [-0.05, 0) is 43.8 Å². The highest BCUT2D eigenvalue weighted by atomic mass is 32.1. The summed E-state index contributed by atoms with van der Waals surface area (Å²) in [5.74, 6) is 0.182. The van der Waals surface area contributed by atoms with Gasteiger partial charge in [-0.15, -0.1) is 11.3 Å². The molecule has 0 unspecified atom stereocenters. The van der Waals surface area contributed by atoms with Gasteiger partial charge in [-0.1, -0.05) is 19.4 Å². The molecular formula is C15H24N2OS. The van der Waals surface area contributed by atoms with Crippen LogP contribution in [-0.4, -0.2) is 30.4 Å². The number of carbonyl (C=O) groups excluding carboxylic acids is 1. The van der Waals surface area contributed by atoms with Gasteiger partial charge in [0.05, 0.1) is 6.04 Å². The van der Waals surface area contributed by atoms with Gasteiger partial charge < -0.3 is 5.32 Å². The van der Waals surface area contributed by atoms with Crippen molar-refractivity contribution in [2.75, 3.05) is 19.6 Å². The Morgan fingerprint density at radius 1 is 1.42 bits per heavy atom. The minimum atomic E-state index is 0.182. The summed E-state index contributed by atoms with van der Waals surface area (Å²) >= 11 is 1.80. The van der Waals surface area contributed by atoms with E-state index in [2.05, 4.69) is 27.7 Å². The van der Waals surface area contributed by atoms with Crippen molar-refractivity contribution in [1.82, 2.24) is 10.2 Å². The van der Waals surface area contributed by atoms with Crippen LogP contribution in [-0.2, 0) is 4.79 Å². The zero-order chi connectivity index (χ0) is 13.5. The van der Waals surface area contributed by atoms with E-state index in [4.69, 9.17) is 0 Å². The first kappa shape index (κ1) is 14.5. The monoisotopic (exact) mass is 280 g/mol. The molecule has 2 heterocycles. The summed E-state index contributed by atoms with van der Waals surface area (Å²) in [5.41, 5.74) is 0. The lowest BCUT2D eigenvalue weighted by atomic mass is 10.1. The minimum Gasteiger partial charge on any atom is -0.354 e. The van der Waals surface area contributed by atoms with Gasteiger partial charge in [0.25, 0.3) is 0 Å². The lowest BCUT2D eigenvalue weighted by Crippen LogP contribution is -2.40. The summed E-state index contributed by atoms with van der Waals surface area (Å²) in [6.07, 6.45) is 5.46. The van der Waals surface area contributed by atoms with Crippen LogP contribution in [0.2, 0.25) is 0 Å². The fourth-order valence-electron chi connectivity index (χ4n) is 2.65. The fourth-order valence-corrected chi connectivity index (χ4v) is 3.51. The summed E-state index contributed by atoms with van der Waals surface area (Å²) in [5, 5.41) is 5.22. The first-order valence-corrected chi connectivity index (χ1v) is 8.23. The normalized spacial score (nSPS) is 18.2. The van der Waals surface area contributed by atoms with Crippen LogP contribution in [0, 0.1) is 0 Å². The number of piperidine rings is 1. The molecule has 0 aromatic carbocycles. The Kier molecular flexibility index (Phi) is 5.86. The summed E-state index contributed by atoms with van der Waals surface area (Å²) in [7, 11) is 0. The van der Waals surface area contributed by atoms with Crippen molar-refractivity contribution in [3.8, 4) is 0 Å². The first-order valence-electron chi connectivity index (χ1n) is 7.35. The van der Waals surface area contributed by atoms with E-state index >= 15 is 0 Å². The van der Waals surface area contributed by atoms with Gasteiger partial charge in [0, 0.05) is 17.8 Å². The van der Waals surface area contributed by atoms with Gasteiger partial charge in [-0.2, -0.15) is 0 Å². The molecule has 0 radical (unpaired) electrons. The Hall–Kier alpha value is -0.870. The van der Waals surface area contributed by atoms with Crippen LogP contribution in [0.25, 0.3) is 0 Å². The molecule has 1 amide bonds. The lowest BCUT2D eigenvalue weighted by Gasteiger charge is -2.34. The van der Waals surface area contributed by atoms with Gasteiger partial charge in [-0.25, -0.2) is 0 Å². The second-order valence-electron chi connectivity index (χ2n) is 5.18. The summed E-state index contributed by atoms with van der Waals surface area (Å²) < 4.78 is 0. The van der Waals surface area contributed by atoms with Crippen LogP contribution >= 0.6 is 11.3 Å². The molecule has 1 aromatic heterocycles. The molecule has 1 atom stereocenters. The van der Waals surface area contributed by atoms with E-state index in [9.17, 15) is 4.79 Å². The van der Waals surface area contributed by atoms with Gasteiger partial charge in [-0.3, -0.25) is 9.69 Å². The molecule has 1 aromatic rings. The van der Waals surface area contributed by atoms with Crippen molar-refractivity contribution in [1.29, 1.82) is 0 Å². The maximum absolute atomic E-state index is 11.7. The smallest absolute Gasteiger partial charge is 0.220 e. The van der Waals surface area contributed by atoms with E-state index in [1.807, 2.05) is 6.92 Å². The number of hydrogen-bond donors (Lipinski definition) is 1. The largest absolute Gasteiger partial charge is 0.354 e.